The van der Waals surface area contributed by atoms with Gasteiger partial charge in [-0.25, -0.2) is 0 Å². The molecule has 0 aliphatic heterocycles. The van der Waals surface area contributed by atoms with E-state index < -0.39 is 0 Å². The Balaban J connectivity index is 2.69. The fraction of sp³-hybridized carbons (Fsp3) is 1.00. The van der Waals surface area contributed by atoms with Gasteiger partial charge in [-0.15, -0.1) is 0 Å². The zero-order chi connectivity index (χ0) is 13.0. The molecular formula is C15H32N2. The molecule has 0 aromatic rings. The monoisotopic (exact) mass is 240 g/mol. The third kappa shape index (κ3) is 4.26. The van der Waals surface area contributed by atoms with Gasteiger partial charge in [0.15, 0.2) is 0 Å². The van der Waals surface area contributed by atoms with Crippen molar-refractivity contribution in [3.05, 3.63) is 0 Å². The molecule has 3 unspecified atom stereocenters. The Morgan fingerprint density at radius 3 is 2.29 bits per heavy atom. The van der Waals surface area contributed by atoms with Gasteiger partial charge in [0.1, 0.15) is 0 Å². The number of hydrogen-bond acceptors (Lipinski definition) is 2. The molecule has 1 rings (SSSR count). The molecular weight excluding hydrogens is 208 g/mol. The Morgan fingerprint density at radius 1 is 1.18 bits per heavy atom. The zero-order valence-corrected chi connectivity index (χ0v) is 12.4. The highest BCUT2D eigenvalue weighted by Crippen LogP contribution is 2.30. The van der Waals surface area contributed by atoms with Crippen LogP contribution in [0, 0.1) is 11.8 Å². The minimum atomic E-state index is 0.388. The number of hydrogen-bond donors (Lipinski definition) is 1. The van der Waals surface area contributed by atoms with Crippen LogP contribution in [0.4, 0.5) is 0 Å². The van der Waals surface area contributed by atoms with Crippen molar-refractivity contribution in [1.29, 1.82) is 0 Å². The Labute approximate surface area is 108 Å². The van der Waals surface area contributed by atoms with E-state index in [2.05, 4.69) is 39.5 Å². The molecule has 0 amide bonds. The Morgan fingerprint density at radius 2 is 1.82 bits per heavy atom. The van der Waals surface area contributed by atoms with Gasteiger partial charge >= 0.3 is 0 Å². The second-order valence-electron chi connectivity index (χ2n) is 6.50. The molecule has 0 radical (unpaired) electrons. The fourth-order valence-electron chi connectivity index (χ4n) is 3.16. The lowest BCUT2D eigenvalue weighted by Crippen LogP contribution is -2.54. The summed E-state index contributed by atoms with van der Waals surface area (Å²) in [5, 5.41) is 0. The quantitative estimate of drug-likeness (QED) is 0.799. The topological polar surface area (TPSA) is 29.3 Å². The van der Waals surface area contributed by atoms with Crippen molar-refractivity contribution in [1.82, 2.24) is 4.90 Å². The van der Waals surface area contributed by atoms with Crippen LogP contribution in [-0.2, 0) is 0 Å². The van der Waals surface area contributed by atoms with Gasteiger partial charge in [-0.2, -0.15) is 0 Å². The van der Waals surface area contributed by atoms with E-state index in [1.807, 2.05) is 0 Å². The van der Waals surface area contributed by atoms with Crippen molar-refractivity contribution in [3.8, 4) is 0 Å². The maximum Gasteiger partial charge on any atom is 0.0252 e. The molecule has 1 aliphatic rings. The van der Waals surface area contributed by atoms with E-state index in [-0.39, 0.29) is 0 Å². The molecule has 102 valence electrons. The van der Waals surface area contributed by atoms with Crippen LogP contribution in [0.25, 0.3) is 0 Å². The van der Waals surface area contributed by atoms with Crippen LogP contribution in [0.15, 0.2) is 0 Å². The van der Waals surface area contributed by atoms with Crippen LogP contribution in [0.1, 0.15) is 60.3 Å². The molecule has 2 N–H and O–H groups in total. The van der Waals surface area contributed by atoms with Gasteiger partial charge in [-0.05, 0) is 44.9 Å². The smallest absolute Gasteiger partial charge is 0.0252 e. The van der Waals surface area contributed by atoms with Crippen LogP contribution < -0.4 is 5.73 Å². The second-order valence-corrected chi connectivity index (χ2v) is 6.50. The van der Waals surface area contributed by atoms with Gasteiger partial charge in [-0.3, -0.25) is 4.90 Å². The lowest BCUT2D eigenvalue weighted by molar-refractivity contribution is 0.0718. The van der Waals surface area contributed by atoms with E-state index >= 15 is 0 Å². The van der Waals surface area contributed by atoms with E-state index in [1.54, 1.807) is 0 Å². The zero-order valence-electron chi connectivity index (χ0n) is 12.4. The molecule has 3 atom stereocenters. The first kappa shape index (κ1) is 15.0. The van der Waals surface area contributed by atoms with Gasteiger partial charge < -0.3 is 5.73 Å². The molecule has 1 aliphatic carbocycles. The summed E-state index contributed by atoms with van der Waals surface area (Å²) >= 11 is 0. The Hall–Kier alpha value is -0.0800. The molecule has 0 bridgehead atoms. The third-order valence-corrected chi connectivity index (χ3v) is 4.22. The summed E-state index contributed by atoms with van der Waals surface area (Å²) in [6, 6.07) is 1.61. The molecule has 0 saturated heterocycles. The molecule has 2 heteroatoms. The second kappa shape index (κ2) is 6.75. The highest BCUT2D eigenvalue weighted by molar-refractivity contribution is 4.90. The number of nitrogens with zero attached hydrogens (tertiary/aromatic N) is 1. The van der Waals surface area contributed by atoms with Crippen molar-refractivity contribution in [3.63, 3.8) is 0 Å². The minimum Gasteiger partial charge on any atom is -0.326 e. The van der Waals surface area contributed by atoms with Crippen molar-refractivity contribution in [2.24, 2.45) is 17.6 Å². The summed E-state index contributed by atoms with van der Waals surface area (Å²) < 4.78 is 0. The maximum absolute atomic E-state index is 6.37. The summed E-state index contributed by atoms with van der Waals surface area (Å²) in [4.78, 5) is 2.65. The van der Waals surface area contributed by atoms with Crippen molar-refractivity contribution in [2.75, 3.05) is 6.54 Å². The van der Waals surface area contributed by atoms with Crippen LogP contribution in [0.3, 0.4) is 0 Å². The molecule has 1 fully saturated rings. The minimum absolute atomic E-state index is 0.388. The van der Waals surface area contributed by atoms with Gasteiger partial charge in [0, 0.05) is 24.7 Å². The molecule has 17 heavy (non-hydrogen) atoms. The maximum atomic E-state index is 6.37. The van der Waals surface area contributed by atoms with E-state index in [1.165, 1.54) is 32.2 Å². The van der Waals surface area contributed by atoms with E-state index in [0.717, 1.165) is 11.8 Å². The van der Waals surface area contributed by atoms with Gasteiger partial charge in [0.2, 0.25) is 0 Å². The lowest BCUT2D eigenvalue weighted by atomic mass is 9.80. The van der Waals surface area contributed by atoms with Crippen LogP contribution >= 0.6 is 0 Å². The van der Waals surface area contributed by atoms with Crippen LogP contribution in [0.2, 0.25) is 0 Å². The average molecular weight is 240 g/mol. The summed E-state index contributed by atoms with van der Waals surface area (Å²) in [7, 11) is 0. The summed E-state index contributed by atoms with van der Waals surface area (Å²) in [6.45, 7) is 12.7. The average Bonchev–Trinajstić information content (AvgIpc) is 2.26. The van der Waals surface area contributed by atoms with Gasteiger partial charge in [0.25, 0.3) is 0 Å². The largest absolute Gasteiger partial charge is 0.326 e. The van der Waals surface area contributed by atoms with E-state index in [9.17, 15) is 0 Å². The Bertz CT molecular complexity index is 213. The molecule has 0 spiro atoms. The fourth-order valence-corrected chi connectivity index (χ4v) is 3.16. The number of rotatable bonds is 5. The molecule has 0 aromatic carbocycles. The van der Waals surface area contributed by atoms with E-state index in [4.69, 9.17) is 5.73 Å². The van der Waals surface area contributed by atoms with Gasteiger partial charge in [-0.1, -0.05) is 27.2 Å². The summed E-state index contributed by atoms with van der Waals surface area (Å²) in [6.07, 6.45) is 5.17. The number of nitrogens with two attached hydrogens (primary N) is 1. The molecule has 0 heterocycles. The van der Waals surface area contributed by atoms with Crippen LogP contribution in [-0.4, -0.2) is 29.6 Å². The first-order chi connectivity index (χ1) is 7.95. The Kier molecular flexibility index (Phi) is 5.94. The third-order valence-electron chi connectivity index (χ3n) is 4.22. The first-order valence-corrected chi connectivity index (χ1v) is 7.47. The SMILES string of the molecule is CCC1CCC(N)C(N(CC(C)C)C(C)C)C1. The van der Waals surface area contributed by atoms with E-state index in [0.29, 0.717) is 18.1 Å². The highest BCUT2D eigenvalue weighted by atomic mass is 15.2. The summed E-state index contributed by atoms with van der Waals surface area (Å²) in [5.74, 6) is 1.62. The predicted molar refractivity (Wildman–Crippen MR) is 76.1 cm³/mol. The predicted octanol–water partition coefficient (Wildman–Crippen LogP) is 3.26. The molecule has 0 aromatic heterocycles. The lowest BCUT2D eigenvalue weighted by Gasteiger charge is -2.44. The summed E-state index contributed by atoms with van der Waals surface area (Å²) in [5.41, 5.74) is 6.37. The standard InChI is InChI=1S/C15H32N2/c1-6-13-7-8-14(16)15(9-13)17(12(4)5)10-11(2)3/h11-15H,6-10,16H2,1-5H3. The van der Waals surface area contributed by atoms with Crippen molar-refractivity contribution >= 4 is 0 Å². The van der Waals surface area contributed by atoms with Crippen molar-refractivity contribution < 1.29 is 0 Å². The van der Waals surface area contributed by atoms with Gasteiger partial charge in [0.05, 0.1) is 0 Å². The molecule has 1 saturated carbocycles. The normalized spacial score (nSPS) is 30.5. The molecule has 2 nitrogen and oxygen atoms in total. The first-order valence-electron chi connectivity index (χ1n) is 7.47. The highest BCUT2D eigenvalue weighted by Gasteiger charge is 2.32. The van der Waals surface area contributed by atoms with Crippen molar-refractivity contribution in [2.45, 2.75) is 78.4 Å². The van der Waals surface area contributed by atoms with Crippen LogP contribution in [0.5, 0.6) is 0 Å².